The largest absolute Gasteiger partial charge is 0.449 e. The van der Waals surface area contributed by atoms with Crippen molar-refractivity contribution < 1.29 is 28.2 Å². The summed E-state index contributed by atoms with van der Waals surface area (Å²) >= 11 is 0. The van der Waals surface area contributed by atoms with E-state index in [1.807, 2.05) is 36.1 Å². The van der Waals surface area contributed by atoms with Gasteiger partial charge in [-0.05, 0) is 37.5 Å². The summed E-state index contributed by atoms with van der Waals surface area (Å²) in [6, 6.07) is 12.5. The normalized spacial score (nSPS) is 23.4. The third-order valence-electron chi connectivity index (χ3n) is 8.41. The van der Waals surface area contributed by atoms with E-state index in [9.17, 15) is 14.4 Å². The maximum atomic E-state index is 15.5. The number of carbonyl (C=O) groups excluding carboxylic acids is 3. The highest BCUT2D eigenvalue weighted by Crippen LogP contribution is 2.53. The van der Waals surface area contributed by atoms with E-state index in [0.717, 1.165) is 17.7 Å². The van der Waals surface area contributed by atoms with E-state index in [1.54, 1.807) is 21.9 Å². The van der Waals surface area contributed by atoms with Gasteiger partial charge in [-0.3, -0.25) is 4.79 Å². The van der Waals surface area contributed by atoms with Gasteiger partial charge in [0.15, 0.2) is 5.60 Å². The fourth-order valence-electron chi connectivity index (χ4n) is 6.15. The molecule has 38 heavy (non-hydrogen) atoms. The number of carbonyl (C=O) groups is 3. The second-order valence-corrected chi connectivity index (χ2v) is 10.7. The molecule has 2 aromatic carbocycles. The average Bonchev–Trinajstić information content (AvgIpc) is 3.56. The van der Waals surface area contributed by atoms with Crippen LogP contribution in [0.3, 0.4) is 0 Å². The van der Waals surface area contributed by atoms with Crippen molar-refractivity contribution in [2.75, 3.05) is 50.8 Å². The second-order valence-electron chi connectivity index (χ2n) is 10.7. The van der Waals surface area contributed by atoms with Gasteiger partial charge in [0.1, 0.15) is 5.82 Å². The van der Waals surface area contributed by atoms with Crippen molar-refractivity contribution in [1.29, 1.82) is 0 Å². The Labute approximate surface area is 221 Å². The number of piperazine rings is 1. The SMILES string of the molecule is CCCOC(=O)N1CCN(c2ccc(C3(C(=O)N4CCC5(C4)OC(=O)c4ccccc45)CC3)c(F)c2)CC1. The molecule has 1 aliphatic carbocycles. The van der Waals surface area contributed by atoms with Crippen LogP contribution in [0.15, 0.2) is 42.5 Å². The van der Waals surface area contributed by atoms with Crippen molar-refractivity contribution >= 4 is 23.7 Å². The summed E-state index contributed by atoms with van der Waals surface area (Å²) in [5.74, 6) is -0.832. The van der Waals surface area contributed by atoms with Crippen molar-refractivity contribution in [1.82, 2.24) is 9.80 Å². The second kappa shape index (κ2) is 9.29. The molecule has 3 aliphatic heterocycles. The number of benzene rings is 2. The molecule has 3 heterocycles. The molecule has 1 unspecified atom stereocenters. The monoisotopic (exact) mass is 521 g/mol. The molecule has 0 bridgehead atoms. The third-order valence-corrected chi connectivity index (χ3v) is 8.41. The lowest BCUT2D eigenvalue weighted by Crippen LogP contribution is -2.49. The lowest BCUT2D eigenvalue weighted by Gasteiger charge is -2.35. The summed E-state index contributed by atoms with van der Waals surface area (Å²) in [5, 5.41) is 0. The molecule has 1 saturated carbocycles. The van der Waals surface area contributed by atoms with Gasteiger partial charge in [0, 0.05) is 56.0 Å². The highest BCUT2D eigenvalue weighted by Gasteiger charge is 2.58. The van der Waals surface area contributed by atoms with Crippen LogP contribution >= 0.6 is 0 Å². The molecule has 4 aliphatic rings. The quantitative estimate of drug-likeness (QED) is 0.557. The van der Waals surface area contributed by atoms with Crippen molar-refractivity contribution in [3.63, 3.8) is 0 Å². The number of rotatable bonds is 5. The van der Waals surface area contributed by atoms with Gasteiger partial charge in [-0.1, -0.05) is 31.2 Å². The van der Waals surface area contributed by atoms with Gasteiger partial charge in [0.05, 0.1) is 24.1 Å². The highest BCUT2D eigenvalue weighted by molar-refractivity contribution is 5.96. The van der Waals surface area contributed by atoms with Gasteiger partial charge >= 0.3 is 12.1 Å². The number of nitrogens with zero attached hydrogens (tertiary/aromatic N) is 3. The molecule has 8 nitrogen and oxygen atoms in total. The Bertz CT molecular complexity index is 1290. The Kier molecular flexibility index (Phi) is 6.04. The van der Waals surface area contributed by atoms with Crippen LogP contribution in [0, 0.1) is 5.82 Å². The lowest BCUT2D eigenvalue weighted by molar-refractivity contribution is -0.134. The van der Waals surface area contributed by atoms with E-state index in [4.69, 9.17) is 9.47 Å². The number of likely N-dealkylation sites (tertiary alicyclic amines) is 1. The van der Waals surface area contributed by atoms with Crippen LogP contribution < -0.4 is 4.90 Å². The van der Waals surface area contributed by atoms with Crippen molar-refractivity contribution in [3.05, 3.63) is 65.0 Å². The Hall–Kier alpha value is -3.62. The van der Waals surface area contributed by atoms with E-state index in [2.05, 4.69) is 0 Å². The minimum absolute atomic E-state index is 0.0966. The van der Waals surface area contributed by atoms with Crippen molar-refractivity contribution in [3.8, 4) is 0 Å². The predicted octanol–water partition coefficient (Wildman–Crippen LogP) is 3.82. The lowest BCUT2D eigenvalue weighted by atomic mass is 9.91. The average molecular weight is 522 g/mol. The molecule has 9 heteroatoms. The predicted molar refractivity (Wildman–Crippen MR) is 137 cm³/mol. The smallest absolute Gasteiger partial charge is 0.409 e. The number of esters is 1. The molecular weight excluding hydrogens is 489 g/mol. The van der Waals surface area contributed by atoms with Crippen LogP contribution in [0.4, 0.5) is 14.9 Å². The molecule has 2 saturated heterocycles. The molecule has 2 aromatic rings. The number of halogens is 1. The number of anilines is 1. The Balaban J connectivity index is 1.14. The van der Waals surface area contributed by atoms with Crippen LogP contribution in [0.2, 0.25) is 0 Å². The third kappa shape index (κ3) is 3.99. The molecular formula is C29H32FN3O5. The van der Waals surface area contributed by atoms with Gasteiger partial charge in [0.2, 0.25) is 5.91 Å². The summed E-state index contributed by atoms with van der Waals surface area (Å²) in [5.41, 5.74) is 0.886. The molecule has 3 fully saturated rings. The van der Waals surface area contributed by atoms with E-state index in [0.29, 0.717) is 76.3 Å². The Morgan fingerprint density at radius 2 is 1.74 bits per heavy atom. The zero-order valence-electron chi connectivity index (χ0n) is 21.6. The zero-order chi connectivity index (χ0) is 26.5. The summed E-state index contributed by atoms with van der Waals surface area (Å²) in [4.78, 5) is 43.7. The first kappa shape index (κ1) is 24.7. The maximum absolute atomic E-state index is 15.5. The highest BCUT2D eigenvalue weighted by atomic mass is 19.1. The van der Waals surface area contributed by atoms with Crippen LogP contribution in [-0.4, -0.2) is 73.6 Å². The van der Waals surface area contributed by atoms with Crippen LogP contribution in [0.25, 0.3) is 0 Å². The summed E-state index contributed by atoms with van der Waals surface area (Å²) in [6.45, 7) is 5.31. The molecule has 0 radical (unpaired) electrons. The van der Waals surface area contributed by atoms with Crippen LogP contribution in [-0.2, 0) is 25.3 Å². The molecule has 0 aromatic heterocycles. The fourth-order valence-corrected chi connectivity index (χ4v) is 6.15. The van der Waals surface area contributed by atoms with Crippen LogP contribution in [0.5, 0.6) is 0 Å². The van der Waals surface area contributed by atoms with E-state index < -0.39 is 11.0 Å². The minimum atomic E-state index is -0.863. The number of hydrogen-bond acceptors (Lipinski definition) is 6. The van der Waals surface area contributed by atoms with Gasteiger partial charge < -0.3 is 24.2 Å². The summed E-state index contributed by atoms with van der Waals surface area (Å²) in [7, 11) is 0. The van der Waals surface area contributed by atoms with Crippen molar-refractivity contribution in [2.45, 2.75) is 43.6 Å². The molecule has 6 rings (SSSR count). The van der Waals surface area contributed by atoms with Gasteiger partial charge in [-0.25, -0.2) is 14.0 Å². The Morgan fingerprint density at radius 3 is 2.45 bits per heavy atom. The van der Waals surface area contributed by atoms with Gasteiger partial charge in [-0.15, -0.1) is 0 Å². The number of fused-ring (bicyclic) bond motifs is 2. The van der Waals surface area contributed by atoms with E-state index in [-0.39, 0.29) is 23.8 Å². The number of ether oxygens (including phenoxy) is 2. The Morgan fingerprint density at radius 1 is 0.974 bits per heavy atom. The minimum Gasteiger partial charge on any atom is -0.449 e. The first-order valence-corrected chi connectivity index (χ1v) is 13.5. The zero-order valence-corrected chi connectivity index (χ0v) is 21.6. The standard InChI is InChI=1S/C29H32FN3O5/c1-2-17-37-27(36)32-15-13-31(14-16-32)20-7-8-23(24(30)18-20)28(9-10-28)26(35)33-12-11-29(19-33)22-6-4-3-5-21(22)25(34)38-29/h3-8,18H,2,9-17,19H2,1H3. The number of amides is 2. The molecule has 1 spiro atoms. The van der Waals surface area contributed by atoms with E-state index >= 15 is 4.39 Å². The summed E-state index contributed by atoms with van der Waals surface area (Å²) in [6.07, 6.45) is 2.21. The topological polar surface area (TPSA) is 79.4 Å². The fraction of sp³-hybridized carbons (Fsp3) is 0.483. The molecule has 2 amide bonds. The summed E-state index contributed by atoms with van der Waals surface area (Å²) < 4.78 is 26.5. The van der Waals surface area contributed by atoms with E-state index in [1.165, 1.54) is 6.07 Å². The number of hydrogen-bond donors (Lipinski definition) is 0. The van der Waals surface area contributed by atoms with Gasteiger partial charge in [-0.2, -0.15) is 0 Å². The van der Waals surface area contributed by atoms with Gasteiger partial charge in [0.25, 0.3) is 0 Å². The first-order valence-electron chi connectivity index (χ1n) is 13.5. The van der Waals surface area contributed by atoms with Crippen molar-refractivity contribution in [2.24, 2.45) is 0 Å². The van der Waals surface area contributed by atoms with Crippen LogP contribution in [0.1, 0.15) is 54.1 Å². The first-order chi connectivity index (χ1) is 18.4. The molecule has 0 N–H and O–H groups in total. The molecule has 1 atom stereocenters. The molecule has 200 valence electrons. The maximum Gasteiger partial charge on any atom is 0.409 e.